The molecular formula is C14H21N3O7. The molecule has 0 unspecified atom stereocenters. The first kappa shape index (κ1) is 18.3. The van der Waals surface area contributed by atoms with E-state index in [0.717, 1.165) is 4.57 Å². The van der Waals surface area contributed by atoms with Gasteiger partial charge in [0.05, 0.1) is 6.61 Å². The van der Waals surface area contributed by atoms with Gasteiger partial charge in [0, 0.05) is 12.7 Å². The molecule has 2 rings (SSSR count). The van der Waals surface area contributed by atoms with E-state index in [1.165, 1.54) is 24.1 Å². The molecule has 10 heteroatoms. The van der Waals surface area contributed by atoms with E-state index < -0.39 is 48.8 Å². The summed E-state index contributed by atoms with van der Waals surface area (Å²) >= 11 is 0. The minimum atomic E-state index is -1.40. The number of likely N-dealkylation sites (N-methyl/N-ethyl adjacent to an activating group) is 1. The number of anilines is 1. The maximum atomic E-state index is 12.2. The van der Waals surface area contributed by atoms with E-state index in [9.17, 15) is 19.8 Å². The van der Waals surface area contributed by atoms with Crippen LogP contribution in [0.2, 0.25) is 0 Å². The number of ether oxygens (including phenoxy) is 1. The van der Waals surface area contributed by atoms with Crippen molar-refractivity contribution in [2.75, 3.05) is 18.1 Å². The Morgan fingerprint density at radius 3 is 2.58 bits per heavy atom. The van der Waals surface area contributed by atoms with E-state index in [1.54, 1.807) is 6.92 Å². The van der Waals surface area contributed by atoms with Crippen LogP contribution in [0.25, 0.3) is 0 Å². The van der Waals surface area contributed by atoms with Crippen molar-refractivity contribution in [3.05, 3.63) is 22.7 Å². The molecule has 1 aromatic rings. The van der Waals surface area contributed by atoms with Crippen molar-refractivity contribution in [1.29, 1.82) is 0 Å². The Morgan fingerprint density at radius 1 is 1.46 bits per heavy atom. The van der Waals surface area contributed by atoms with Crippen LogP contribution in [0, 0.1) is 0 Å². The molecule has 134 valence electrons. The Morgan fingerprint density at radius 2 is 2.12 bits per heavy atom. The van der Waals surface area contributed by atoms with Crippen molar-refractivity contribution in [3.8, 4) is 0 Å². The van der Waals surface area contributed by atoms with Gasteiger partial charge in [-0.15, -0.1) is 0 Å². The number of aromatic nitrogens is 2. The Bertz CT molecular complexity index is 650. The fraction of sp³-hybridized carbons (Fsp3) is 0.643. The van der Waals surface area contributed by atoms with E-state index in [0.29, 0.717) is 6.54 Å². The van der Waals surface area contributed by atoms with Gasteiger partial charge in [0.25, 0.3) is 0 Å². The molecule has 5 atom stereocenters. The average molecular weight is 343 g/mol. The predicted octanol–water partition coefficient (Wildman–Crippen LogP) is -1.85. The molecule has 1 saturated heterocycles. The van der Waals surface area contributed by atoms with Gasteiger partial charge in [0.1, 0.15) is 30.2 Å². The van der Waals surface area contributed by atoms with E-state index in [2.05, 4.69) is 4.98 Å². The number of carbonyl (C=O) groups is 1. The smallest absolute Gasteiger partial charge is 0.351 e. The van der Waals surface area contributed by atoms with Crippen LogP contribution in [0.1, 0.15) is 20.1 Å². The maximum Gasteiger partial charge on any atom is 0.351 e. The van der Waals surface area contributed by atoms with Crippen LogP contribution in [-0.2, 0) is 9.53 Å². The Labute approximate surface area is 137 Å². The van der Waals surface area contributed by atoms with E-state index in [-0.39, 0.29) is 5.82 Å². The quantitative estimate of drug-likeness (QED) is 0.468. The first-order valence-corrected chi connectivity index (χ1v) is 7.52. The van der Waals surface area contributed by atoms with Crippen LogP contribution < -0.4 is 10.6 Å². The highest BCUT2D eigenvalue weighted by Gasteiger charge is 2.43. The first-order chi connectivity index (χ1) is 11.3. The molecule has 1 aromatic heterocycles. The molecule has 0 amide bonds. The average Bonchev–Trinajstić information content (AvgIpc) is 2.83. The molecule has 0 radical (unpaired) electrons. The molecule has 2 heterocycles. The summed E-state index contributed by atoms with van der Waals surface area (Å²) in [6.45, 7) is 3.04. The minimum Gasteiger partial charge on any atom is -0.480 e. The highest BCUT2D eigenvalue weighted by atomic mass is 16.6. The Hall–Kier alpha value is -2.01. The van der Waals surface area contributed by atoms with E-state index >= 15 is 0 Å². The third-order valence-electron chi connectivity index (χ3n) is 4.07. The van der Waals surface area contributed by atoms with Crippen LogP contribution in [0.15, 0.2) is 17.1 Å². The first-order valence-electron chi connectivity index (χ1n) is 7.52. The van der Waals surface area contributed by atoms with Gasteiger partial charge in [-0.25, -0.2) is 9.59 Å². The van der Waals surface area contributed by atoms with Crippen molar-refractivity contribution in [2.24, 2.45) is 0 Å². The summed E-state index contributed by atoms with van der Waals surface area (Å²) in [4.78, 5) is 28.6. The topological polar surface area (TPSA) is 145 Å². The predicted molar refractivity (Wildman–Crippen MR) is 81.6 cm³/mol. The molecule has 1 aliphatic rings. The normalized spacial score (nSPS) is 27.9. The SMILES string of the molecule is CCN(c1ccn([C@@H]2O[C@H](CO)[C@@H](O)[C@H]2O)c(=O)n1)[C@@H](C)C(=O)O. The second-order valence-corrected chi connectivity index (χ2v) is 5.50. The Kier molecular flexibility index (Phi) is 5.54. The lowest BCUT2D eigenvalue weighted by Crippen LogP contribution is -2.41. The van der Waals surface area contributed by atoms with Gasteiger partial charge in [0.15, 0.2) is 6.23 Å². The van der Waals surface area contributed by atoms with Gasteiger partial charge in [-0.3, -0.25) is 4.57 Å². The minimum absolute atomic E-state index is 0.181. The number of carboxylic acids is 1. The number of aliphatic carboxylic acids is 1. The fourth-order valence-corrected chi connectivity index (χ4v) is 2.63. The summed E-state index contributed by atoms with van der Waals surface area (Å²) < 4.78 is 6.27. The van der Waals surface area contributed by atoms with Crippen LogP contribution >= 0.6 is 0 Å². The lowest BCUT2D eigenvalue weighted by atomic mass is 10.1. The second-order valence-electron chi connectivity index (χ2n) is 5.50. The number of carboxylic acid groups (broad SMARTS) is 1. The summed E-state index contributed by atoms with van der Waals surface area (Å²) in [5.74, 6) is -0.869. The molecule has 24 heavy (non-hydrogen) atoms. The molecule has 0 bridgehead atoms. The molecule has 0 aromatic carbocycles. The van der Waals surface area contributed by atoms with Crippen LogP contribution in [-0.4, -0.2) is 73.5 Å². The number of hydrogen-bond donors (Lipinski definition) is 4. The summed E-state index contributed by atoms with van der Waals surface area (Å²) in [5.41, 5.74) is -0.765. The highest BCUT2D eigenvalue weighted by molar-refractivity contribution is 5.77. The number of aliphatic hydroxyl groups excluding tert-OH is 3. The van der Waals surface area contributed by atoms with Crippen LogP contribution in [0.3, 0.4) is 0 Å². The maximum absolute atomic E-state index is 12.2. The lowest BCUT2D eigenvalue weighted by Gasteiger charge is -2.26. The molecule has 1 aliphatic heterocycles. The van der Waals surface area contributed by atoms with Crippen molar-refractivity contribution in [1.82, 2.24) is 9.55 Å². The number of aliphatic hydroxyl groups is 3. The summed E-state index contributed by atoms with van der Waals surface area (Å²) in [5, 5.41) is 37.9. The van der Waals surface area contributed by atoms with Crippen molar-refractivity contribution in [2.45, 2.75) is 44.4 Å². The molecule has 10 nitrogen and oxygen atoms in total. The van der Waals surface area contributed by atoms with E-state index in [1.807, 2.05) is 0 Å². The van der Waals surface area contributed by atoms with Crippen LogP contribution in [0.4, 0.5) is 5.82 Å². The highest BCUT2D eigenvalue weighted by Crippen LogP contribution is 2.28. The number of nitrogens with zero attached hydrogens (tertiary/aromatic N) is 3. The third-order valence-corrected chi connectivity index (χ3v) is 4.07. The largest absolute Gasteiger partial charge is 0.480 e. The van der Waals surface area contributed by atoms with Gasteiger partial charge in [-0.2, -0.15) is 4.98 Å². The fourth-order valence-electron chi connectivity index (χ4n) is 2.63. The van der Waals surface area contributed by atoms with Gasteiger partial charge >= 0.3 is 11.7 Å². The number of hydrogen-bond acceptors (Lipinski definition) is 8. The summed E-state index contributed by atoms with van der Waals surface area (Å²) in [6.07, 6.45) is -3.60. The molecule has 1 fully saturated rings. The van der Waals surface area contributed by atoms with Gasteiger partial charge in [0.2, 0.25) is 0 Å². The standard InChI is InChI=1S/C14H21N3O7/c1-3-16(7(2)13(21)22)9-4-5-17(14(23)15-9)12-11(20)10(19)8(6-18)24-12/h4-5,7-8,10-12,18-20H,3,6H2,1-2H3,(H,21,22)/t7-,8+,10+,11+,12+/m0/s1. The molecule has 0 aliphatic carbocycles. The van der Waals surface area contributed by atoms with Crippen LogP contribution in [0.5, 0.6) is 0 Å². The number of rotatable bonds is 6. The lowest BCUT2D eigenvalue weighted by molar-refractivity contribution is -0.138. The van der Waals surface area contributed by atoms with Crippen molar-refractivity contribution < 1.29 is 30.0 Å². The molecule has 4 N–H and O–H groups in total. The zero-order valence-corrected chi connectivity index (χ0v) is 13.3. The molecule has 0 saturated carbocycles. The van der Waals surface area contributed by atoms with Gasteiger partial charge < -0.3 is 30.1 Å². The monoisotopic (exact) mass is 343 g/mol. The zero-order valence-electron chi connectivity index (χ0n) is 13.3. The Balaban J connectivity index is 2.30. The van der Waals surface area contributed by atoms with Crippen molar-refractivity contribution in [3.63, 3.8) is 0 Å². The van der Waals surface area contributed by atoms with Gasteiger partial charge in [-0.1, -0.05) is 0 Å². The van der Waals surface area contributed by atoms with Gasteiger partial charge in [-0.05, 0) is 19.9 Å². The van der Waals surface area contributed by atoms with E-state index in [4.69, 9.17) is 14.9 Å². The summed E-state index contributed by atoms with van der Waals surface area (Å²) in [7, 11) is 0. The third kappa shape index (κ3) is 3.26. The molecular weight excluding hydrogens is 322 g/mol. The second kappa shape index (κ2) is 7.26. The van der Waals surface area contributed by atoms with Crippen molar-refractivity contribution >= 4 is 11.8 Å². The zero-order chi connectivity index (χ0) is 18.0. The molecule has 0 spiro atoms. The summed E-state index contributed by atoms with van der Waals surface area (Å²) in [6, 6.07) is 0.561.